The lowest BCUT2D eigenvalue weighted by Crippen LogP contribution is -2.57. The Kier molecular flexibility index (Phi) is 14.1. The largest absolute Gasteiger partial charge is 0.507 e. The van der Waals surface area contributed by atoms with Crippen LogP contribution in [0.2, 0.25) is 0 Å². The number of piperazine rings is 1. The summed E-state index contributed by atoms with van der Waals surface area (Å²) in [5.74, 6) is 0.279. The molecule has 0 unspecified atom stereocenters. The van der Waals surface area contributed by atoms with Gasteiger partial charge in [0.1, 0.15) is 24.7 Å². The Hall–Kier alpha value is -3.10. The Morgan fingerprint density at radius 3 is 1.10 bits per heavy atom. The maximum absolute atomic E-state index is 12.8. The number of hydrogen-bond acceptors (Lipinski definition) is 8. The monoisotopic (exact) mass is 723 g/mol. The summed E-state index contributed by atoms with van der Waals surface area (Å²) in [5.41, 5.74) is 4.82. The number of esters is 2. The number of carbonyl (C=O) groups excluding carboxylic acids is 2. The molecular formula is C44H70N2O6. The Labute approximate surface area is 315 Å². The van der Waals surface area contributed by atoms with E-state index in [-0.39, 0.29) is 45.7 Å². The number of phenols is 2. The van der Waals surface area contributed by atoms with E-state index in [1.54, 1.807) is 0 Å². The third kappa shape index (κ3) is 12.0. The van der Waals surface area contributed by atoms with Gasteiger partial charge in [-0.05, 0) is 81.7 Å². The second-order valence-corrected chi connectivity index (χ2v) is 19.2. The predicted octanol–water partition coefficient (Wildman–Crippen LogP) is 8.33. The van der Waals surface area contributed by atoms with E-state index >= 15 is 0 Å². The van der Waals surface area contributed by atoms with E-state index in [0.29, 0.717) is 63.5 Å². The van der Waals surface area contributed by atoms with Gasteiger partial charge in [-0.15, -0.1) is 0 Å². The summed E-state index contributed by atoms with van der Waals surface area (Å²) < 4.78 is 11.4. The van der Waals surface area contributed by atoms with Gasteiger partial charge < -0.3 is 19.7 Å². The van der Waals surface area contributed by atoms with Crippen LogP contribution in [0.3, 0.4) is 0 Å². The van der Waals surface area contributed by atoms with Crippen LogP contribution in [0.1, 0.15) is 143 Å². The molecule has 2 N–H and O–H groups in total. The molecule has 52 heavy (non-hydrogen) atoms. The van der Waals surface area contributed by atoms with Gasteiger partial charge in [-0.25, -0.2) is 0 Å². The van der Waals surface area contributed by atoms with Gasteiger partial charge in [-0.3, -0.25) is 19.4 Å². The lowest BCUT2D eigenvalue weighted by atomic mass is 9.78. The van der Waals surface area contributed by atoms with Crippen LogP contribution >= 0.6 is 0 Å². The van der Waals surface area contributed by atoms with E-state index in [1.165, 1.54) is 0 Å². The molecule has 1 saturated heterocycles. The first-order valence-electron chi connectivity index (χ1n) is 19.3. The number of ether oxygens (including phenoxy) is 2. The second kappa shape index (κ2) is 16.9. The van der Waals surface area contributed by atoms with Crippen molar-refractivity contribution in [2.24, 2.45) is 0 Å². The molecule has 0 bridgehead atoms. The van der Waals surface area contributed by atoms with Crippen molar-refractivity contribution in [3.63, 3.8) is 0 Å². The Morgan fingerprint density at radius 2 is 0.846 bits per heavy atom. The van der Waals surface area contributed by atoms with Crippen molar-refractivity contribution >= 4 is 11.9 Å². The number of hydrogen-bond donors (Lipinski definition) is 2. The fourth-order valence-corrected chi connectivity index (χ4v) is 7.05. The fraction of sp³-hybridized carbons (Fsp3) is 0.682. The van der Waals surface area contributed by atoms with Crippen LogP contribution in [0.25, 0.3) is 0 Å². The molecule has 1 aliphatic rings. The quantitative estimate of drug-likeness (QED) is 0.211. The predicted molar refractivity (Wildman–Crippen MR) is 212 cm³/mol. The number of phenolic OH excluding ortho intramolecular Hbond substituents is 2. The van der Waals surface area contributed by atoms with Gasteiger partial charge in [0.05, 0.1) is 0 Å². The Morgan fingerprint density at radius 1 is 0.577 bits per heavy atom. The number of rotatable bonds is 12. The minimum atomic E-state index is -0.216. The highest BCUT2D eigenvalue weighted by Gasteiger charge is 2.30. The van der Waals surface area contributed by atoms with Crippen molar-refractivity contribution in [2.45, 2.75) is 156 Å². The Balaban J connectivity index is 1.44. The van der Waals surface area contributed by atoms with Gasteiger partial charge in [0.25, 0.3) is 0 Å². The number of carbonyl (C=O) groups is 2. The number of benzene rings is 2. The molecule has 2 aromatic carbocycles. The highest BCUT2D eigenvalue weighted by atomic mass is 16.5. The van der Waals surface area contributed by atoms with Crippen LogP contribution in [-0.4, -0.2) is 83.4 Å². The van der Waals surface area contributed by atoms with Gasteiger partial charge in [0.2, 0.25) is 0 Å². The smallest absolute Gasteiger partial charge is 0.306 e. The van der Waals surface area contributed by atoms with Crippen molar-refractivity contribution in [1.82, 2.24) is 9.80 Å². The molecule has 0 aromatic heterocycles. The van der Waals surface area contributed by atoms with E-state index in [0.717, 1.165) is 46.5 Å². The summed E-state index contributed by atoms with van der Waals surface area (Å²) in [5, 5.41) is 22.0. The van der Waals surface area contributed by atoms with Crippen molar-refractivity contribution in [3.05, 3.63) is 57.6 Å². The zero-order valence-corrected chi connectivity index (χ0v) is 35.0. The van der Waals surface area contributed by atoms with Crippen molar-refractivity contribution in [3.8, 4) is 11.5 Å². The molecule has 2 aromatic rings. The molecule has 0 amide bonds. The summed E-state index contributed by atoms with van der Waals surface area (Å²) in [7, 11) is 0. The normalized spacial score (nSPS) is 18.0. The molecule has 8 nitrogen and oxygen atoms in total. The van der Waals surface area contributed by atoms with Crippen LogP contribution in [-0.2, 0) is 53.6 Å². The number of aromatic hydroxyl groups is 2. The van der Waals surface area contributed by atoms with Gasteiger partial charge in [-0.2, -0.15) is 0 Å². The first-order chi connectivity index (χ1) is 23.8. The van der Waals surface area contributed by atoms with Crippen molar-refractivity contribution < 1.29 is 29.3 Å². The van der Waals surface area contributed by atoms with Gasteiger partial charge in [0, 0.05) is 51.1 Å². The summed E-state index contributed by atoms with van der Waals surface area (Å²) in [6, 6.07) is 8.68. The number of nitrogens with zero attached hydrogens (tertiary/aromatic N) is 2. The van der Waals surface area contributed by atoms with Gasteiger partial charge >= 0.3 is 11.9 Å². The van der Waals surface area contributed by atoms with E-state index in [4.69, 9.17) is 9.47 Å². The second-order valence-electron chi connectivity index (χ2n) is 19.2. The molecule has 1 fully saturated rings. The first kappa shape index (κ1) is 43.3. The molecule has 0 radical (unpaired) electrons. The van der Waals surface area contributed by atoms with Gasteiger partial charge in [-0.1, -0.05) is 107 Å². The lowest BCUT2D eigenvalue weighted by molar-refractivity contribution is -0.146. The Bertz CT molecular complexity index is 1350. The molecule has 0 spiro atoms. The third-order valence-electron chi connectivity index (χ3n) is 10.3. The minimum absolute atomic E-state index is 0.210. The molecule has 1 heterocycles. The van der Waals surface area contributed by atoms with Crippen LogP contribution < -0.4 is 0 Å². The maximum Gasteiger partial charge on any atom is 0.306 e. The lowest BCUT2D eigenvalue weighted by Gasteiger charge is -2.44. The molecule has 0 aliphatic carbocycles. The molecular weight excluding hydrogens is 652 g/mol. The molecule has 3 rings (SSSR count). The fourth-order valence-electron chi connectivity index (χ4n) is 7.05. The maximum atomic E-state index is 12.8. The third-order valence-corrected chi connectivity index (χ3v) is 10.3. The molecule has 8 heteroatoms. The van der Waals surface area contributed by atoms with E-state index in [9.17, 15) is 19.8 Å². The average Bonchev–Trinajstić information content (AvgIpc) is 2.99. The van der Waals surface area contributed by atoms with Crippen LogP contribution in [0.4, 0.5) is 0 Å². The molecule has 1 aliphatic heterocycles. The molecule has 292 valence electrons. The van der Waals surface area contributed by atoms with E-state index in [1.807, 2.05) is 24.3 Å². The van der Waals surface area contributed by atoms with Crippen LogP contribution in [0.5, 0.6) is 11.5 Å². The zero-order chi connectivity index (χ0) is 39.4. The highest BCUT2D eigenvalue weighted by molar-refractivity contribution is 5.70. The van der Waals surface area contributed by atoms with Crippen molar-refractivity contribution in [2.75, 3.05) is 39.4 Å². The van der Waals surface area contributed by atoms with E-state index in [2.05, 4.69) is 107 Å². The number of aryl methyl sites for hydroxylation is 2. The summed E-state index contributed by atoms with van der Waals surface area (Å²) in [6.07, 6.45) is 1.71. The topological polar surface area (TPSA) is 99.5 Å². The summed E-state index contributed by atoms with van der Waals surface area (Å²) >= 11 is 0. The van der Waals surface area contributed by atoms with Crippen LogP contribution in [0, 0.1) is 0 Å². The highest BCUT2D eigenvalue weighted by Crippen LogP contribution is 2.41. The summed E-state index contributed by atoms with van der Waals surface area (Å²) in [4.78, 5) is 30.2. The van der Waals surface area contributed by atoms with E-state index < -0.39 is 0 Å². The first-order valence-corrected chi connectivity index (χ1v) is 19.3. The average molecular weight is 723 g/mol. The van der Waals surface area contributed by atoms with Gasteiger partial charge in [0.15, 0.2) is 0 Å². The zero-order valence-electron chi connectivity index (χ0n) is 35.0. The minimum Gasteiger partial charge on any atom is -0.507 e. The standard InChI is InChI=1S/C44H70N2O6/c1-29-27-46(20-22-52-38(48)18-16-32-25-35(43(9,10)11)40(50)36(26-32)44(12,13)14)30(2)28-45(29)19-21-51-37(47)17-15-31-23-33(41(3,4)5)39(49)34(24-31)42(6,7)8/h23-26,29-30,49-50H,15-22,27-28H2,1-14H3/t29-,30+. The SMILES string of the molecule is C[C@@H]1CN(CCOC(=O)CCc2cc(C(C)(C)C)c(O)c(C(C)(C)C)c2)[C@@H](C)CN1CCOC(=O)CCc1cc(C(C)(C)C)c(O)c(C(C)(C)C)c1. The molecule has 2 atom stereocenters. The summed E-state index contributed by atoms with van der Waals surface area (Å²) in [6.45, 7) is 33.2. The van der Waals surface area contributed by atoms with Crippen molar-refractivity contribution in [1.29, 1.82) is 0 Å². The van der Waals surface area contributed by atoms with Crippen LogP contribution in [0.15, 0.2) is 24.3 Å². The molecule has 0 saturated carbocycles.